The molecule has 0 amide bonds. The maximum absolute atomic E-state index is 11.3. The van der Waals surface area contributed by atoms with Crippen molar-refractivity contribution < 1.29 is 12.9 Å². The van der Waals surface area contributed by atoms with E-state index in [1.165, 1.54) is 6.92 Å². The van der Waals surface area contributed by atoms with Gasteiger partial charge in [-0.1, -0.05) is 12.1 Å². The third-order valence-corrected chi connectivity index (χ3v) is 4.17. The molecule has 0 aliphatic carbocycles. The molecular formula is C9H17N3O3S. The maximum Gasteiger partial charge on any atom is 0.246 e. The molecule has 92 valence electrons. The van der Waals surface area contributed by atoms with E-state index in [2.05, 4.69) is 10.1 Å². The van der Waals surface area contributed by atoms with Gasteiger partial charge in [-0.2, -0.15) is 4.98 Å². The summed E-state index contributed by atoms with van der Waals surface area (Å²) in [6, 6.07) is 0. The lowest BCUT2D eigenvalue weighted by molar-refractivity contribution is 0.290. The molecule has 2 atom stereocenters. The quantitative estimate of drug-likeness (QED) is 0.843. The zero-order chi connectivity index (χ0) is 12.6. The molecule has 1 heterocycles. The Morgan fingerprint density at radius 1 is 1.56 bits per heavy atom. The van der Waals surface area contributed by atoms with E-state index in [9.17, 15) is 8.42 Å². The Kier molecular flexibility index (Phi) is 3.39. The largest absolute Gasteiger partial charge is 0.337 e. The number of nitrogens with zero attached hydrogens (tertiary/aromatic N) is 2. The molecule has 1 rings (SSSR count). The van der Waals surface area contributed by atoms with E-state index in [1.54, 1.807) is 6.92 Å². The van der Waals surface area contributed by atoms with Gasteiger partial charge in [0.1, 0.15) is 5.25 Å². The van der Waals surface area contributed by atoms with Crippen molar-refractivity contribution in [1.82, 2.24) is 10.1 Å². The van der Waals surface area contributed by atoms with Crippen LogP contribution in [0.5, 0.6) is 0 Å². The Morgan fingerprint density at radius 3 is 2.56 bits per heavy atom. The third kappa shape index (κ3) is 2.59. The standard InChI is InChI=1S/C9H17N3O3S/c1-5-9(3,10)8-11-7(12-15-8)6(2)16(4,13)14/h6H,5,10H2,1-4H3. The minimum Gasteiger partial charge on any atom is -0.337 e. The number of aromatic nitrogens is 2. The molecule has 0 aliphatic heterocycles. The van der Waals surface area contributed by atoms with Crippen LogP contribution < -0.4 is 5.73 Å². The topological polar surface area (TPSA) is 99.1 Å². The molecule has 2 unspecified atom stereocenters. The fraction of sp³-hybridized carbons (Fsp3) is 0.778. The second-order valence-electron chi connectivity index (χ2n) is 4.20. The molecule has 0 saturated heterocycles. The smallest absolute Gasteiger partial charge is 0.246 e. The number of sulfone groups is 1. The molecule has 0 radical (unpaired) electrons. The van der Waals surface area contributed by atoms with Crippen LogP contribution >= 0.6 is 0 Å². The van der Waals surface area contributed by atoms with Crippen LogP contribution in [0.3, 0.4) is 0 Å². The molecular weight excluding hydrogens is 230 g/mol. The number of hydrogen-bond donors (Lipinski definition) is 1. The molecule has 0 saturated carbocycles. The fourth-order valence-corrected chi connectivity index (χ4v) is 1.45. The van der Waals surface area contributed by atoms with Gasteiger partial charge in [0.25, 0.3) is 0 Å². The Labute approximate surface area is 95.1 Å². The summed E-state index contributed by atoms with van der Waals surface area (Å²) in [5, 5.41) is 2.87. The van der Waals surface area contributed by atoms with Gasteiger partial charge in [-0.15, -0.1) is 0 Å². The summed E-state index contributed by atoms with van der Waals surface area (Å²) in [7, 11) is -3.22. The molecule has 1 aromatic rings. The van der Waals surface area contributed by atoms with Crippen LogP contribution in [0.25, 0.3) is 0 Å². The summed E-state index contributed by atoms with van der Waals surface area (Å²) in [6.45, 7) is 5.17. The SMILES string of the molecule is CCC(C)(N)c1nc(C(C)S(C)(=O)=O)no1. The van der Waals surface area contributed by atoms with Crippen molar-refractivity contribution in [2.45, 2.75) is 38.0 Å². The number of hydrogen-bond acceptors (Lipinski definition) is 6. The van der Waals surface area contributed by atoms with Crippen LogP contribution in [-0.2, 0) is 15.4 Å². The average Bonchev–Trinajstić information content (AvgIpc) is 2.64. The predicted molar refractivity (Wildman–Crippen MR) is 59.4 cm³/mol. The van der Waals surface area contributed by atoms with Crippen LogP contribution in [0.1, 0.15) is 44.2 Å². The lowest BCUT2D eigenvalue weighted by Gasteiger charge is -2.16. The summed E-state index contributed by atoms with van der Waals surface area (Å²) in [4.78, 5) is 4.04. The zero-order valence-corrected chi connectivity index (χ0v) is 10.7. The van der Waals surface area contributed by atoms with E-state index in [0.29, 0.717) is 6.42 Å². The fourth-order valence-electron chi connectivity index (χ4n) is 0.975. The Bertz CT molecular complexity index is 464. The van der Waals surface area contributed by atoms with Gasteiger partial charge in [0, 0.05) is 6.26 Å². The van der Waals surface area contributed by atoms with Crippen molar-refractivity contribution in [2.75, 3.05) is 6.26 Å². The first-order valence-corrected chi connectivity index (χ1v) is 6.95. The van der Waals surface area contributed by atoms with Crippen LogP contribution in [0.4, 0.5) is 0 Å². The minimum atomic E-state index is -3.22. The lowest BCUT2D eigenvalue weighted by atomic mass is 10.0. The number of rotatable bonds is 4. The lowest BCUT2D eigenvalue weighted by Crippen LogP contribution is -2.32. The highest BCUT2D eigenvalue weighted by molar-refractivity contribution is 7.90. The van der Waals surface area contributed by atoms with E-state index in [0.717, 1.165) is 6.26 Å². The molecule has 7 heteroatoms. The van der Waals surface area contributed by atoms with Gasteiger partial charge in [-0.05, 0) is 20.3 Å². The Morgan fingerprint density at radius 2 is 2.12 bits per heavy atom. The second-order valence-corrected chi connectivity index (χ2v) is 6.57. The van der Waals surface area contributed by atoms with E-state index >= 15 is 0 Å². The zero-order valence-electron chi connectivity index (χ0n) is 9.89. The third-order valence-electron chi connectivity index (χ3n) is 2.67. The van der Waals surface area contributed by atoms with Crippen LogP contribution in [0.15, 0.2) is 4.52 Å². The molecule has 0 aliphatic rings. The van der Waals surface area contributed by atoms with Crippen molar-refractivity contribution in [3.05, 3.63) is 11.7 Å². The van der Waals surface area contributed by atoms with Gasteiger partial charge >= 0.3 is 0 Å². The monoisotopic (exact) mass is 247 g/mol. The molecule has 0 bridgehead atoms. The van der Waals surface area contributed by atoms with Crippen LogP contribution in [-0.4, -0.2) is 24.8 Å². The predicted octanol–water partition coefficient (Wildman–Crippen LogP) is 0.759. The first-order chi connectivity index (χ1) is 7.18. The van der Waals surface area contributed by atoms with E-state index in [-0.39, 0.29) is 11.7 Å². The average molecular weight is 247 g/mol. The molecule has 16 heavy (non-hydrogen) atoms. The van der Waals surface area contributed by atoms with Crippen molar-refractivity contribution in [3.63, 3.8) is 0 Å². The molecule has 6 nitrogen and oxygen atoms in total. The normalized spacial score (nSPS) is 18.1. The minimum absolute atomic E-state index is 0.155. The van der Waals surface area contributed by atoms with Gasteiger partial charge < -0.3 is 10.3 Å². The summed E-state index contributed by atoms with van der Waals surface area (Å²) in [5.74, 6) is 0.420. The van der Waals surface area contributed by atoms with E-state index < -0.39 is 20.6 Å². The second kappa shape index (κ2) is 4.14. The van der Waals surface area contributed by atoms with Crippen LogP contribution in [0.2, 0.25) is 0 Å². The maximum atomic E-state index is 11.3. The number of nitrogens with two attached hydrogens (primary N) is 1. The van der Waals surface area contributed by atoms with Gasteiger partial charge in [-0.3, -0.25) is 0 Å². The highest BCUT2D eigenvalue weighted by Crippen LogP contribution is 2.23. The summed E-state index contributed by atoms with van der Waals surface area (Å²) in [5.41, 5.74) is 5.19. The highest BCUT2D eigenvalue weighted by Gasteiger charge is 2.29. The molecule has 1 aromatic heterocycles. The molecule has 0 spiro atoms. The summed E-state index contributed by atoms with van der Waals surface area (Å²) < 4.78 is 27.6. The molecule has 0 fully saturated rings. The van der Waals surface area contributed by atoms with Crippen molar-refractivity contribution in [3.8, 4) is 0 Å². The molecule has 0 aromatic carbocycles. The Hall–Kier alpha value is -0.950. The summed E-state index contributed by atoms with van der Waals surface area (Å²) >= 11 is 0. The van der Waals surface area contributed by atoms with Crippen LogP contribution in [0, 0.1) is 0 Å². The summed E-state index contributed by atoms with van der Waals surface area (Å²) in [6.07, 6.45) is 1.76. The van der Waals surface area contributed by atoms with Crippen molar-refractivity contribution in [2.24, 2.45) is 5.73 Å². The first-order valence-electron chi connectivity index (χ1n) is 5.00. The van der Waals surface area contributed by atoms with E-state index in [1.807, 2.05) is 6.92 Å². The Balaban J connectivity index is 3.05. The van der Waals surface area contributed by atoms with Gasteiger partial charge in [0.2, 0.25) is 5.89 Å². The van der Waals surface area contributed by atoms with Gasteiger partial charge in [0.05, 0.1) is 5.54 Å². The molecule has 2 N–H and O–H groups in total. The van der Waals surface area contributed by atoms with Gasteiger partial charge in [-0.25, -0.2) is 8.42 Å². The van der Waals surface area contributed by atoms with Crippen molar-refractivity contribution in [1.29, 1.82) is 0 Å². The van der Waals surface area contributed by atoms with E-state index in [4.69, 9.17) is 10.3 Å². The highest BCUT2D eigenvalue weighted by atomic mass is 32.2. The first kappa shape index (κ1) is 13.1. The van der Waals surface area contributed by atoms with Crippen molar-refractivity contribution >= 4 is 9.84 Å². The van der Waals surface area contributed by atoms with Gasteiger partial charge in [0.15, 0.2) is 15.7 Å².